The molecule has 0 aliphatic heterocycles. The number of esters is 1. The molecule has 0 aromatic carbocycles. The van der Waals surface area contributed by atoms with E-state index in [0.29, 0.717) is 6.42 Å². The number of carbonyl (C=O) groups is 1. The number of aliphatic hydroxyl groups is 1. The summed E-state index contributed by atoms with van der Waals surface area (Å²) in [7, 11) is 1.45. The molecule has 0 spiro atoms. The van der Waals surface area contributed by atoms with Gasteiger partial charge < -0.3 is 11.3 Å². The third-order valence-corrected chi connectivity index (χ3v) is 4.29. The average molecular weight is 322 g/mol. The number of rotatable bonds is 16. The van der Waals surface area contributed by atoms with E-state index in [1.54, 1.807) is 0 Å². The van der Waals surface area contributed by atoms with Gasteiger partial charge in [-0.25, -0.2) is 0 Å². The Bertz CT molecular complexity index is 253. The minimum absolute atomic E-state index is 0. The van der Waals surface area contributed by atoms with Crippen LogP contribution >= 0.6 is 0 Å². The van der Waals surface area contributed by atoms with Crippen molar-refractivity contribution in [2.24, 2.45) is 0 Å². The van der Waals surface area contributed by atoms with Gasteiger partial charge in [0, 0.05) is 6.42 Å². The van der Waals surface area contributed by atoms with Gasteiger partial charge >= 0.3 is 24.8 Å². The number of carbonyl (C=O) groups excluding carboxylic acids is 1. The molecule has 1 unspecified atom stereocenters. The second kappa shape index (κ2) is 20.1. The van der Waals surface area contributed by atoms with Gasteiger partial charge in [-0.05, 0) is 19.3 Å². The van der Waals surface area contributed by atoms with Crippen LogP contribution in [0.25, 0.3) is 0 Å². The number of hydrogen-bond donors (Lipinski definition) is 1. The summed E-state index contributed by atoms with van der Waals surface area (Å²) in [6, 6.07) is 0. The molecule has 0 rings (SSSR count). The summed E-state index contributed by atoms with van der Waals surface area (Å²) in [4.78, 5) is 10.9. The first-order valence-electron chi connectivity index (χ1n) is 9.45. The monoisotopic (exact) mass is 322 g/mol. The van der Waals surface area contributed by atoms with Crippen LogP contribution in [0.4, 0.5) is 0 Å². The first kappa shape index (κ1) is 25.3. The Morgan fingerprint density at radius 1 is 0.870 bits per heavy atom. The topological polar surface area (TPSA) is 46.5 Å². The maximum atomic E-state index is 10.9. The minimum Gasteiger partial charge on any atom is -1.00 e. The quantitative estimate of drug-likeness (QED) is 0.270. The number of methoxy groups -OCH3 is 1. The molecule has 1 atom stereocenters. The van der Waals surface area contributed by atoms with E-state index in [1.165, 1.54) is 64.9 Å². The number of aliphatic hydroxyl groups excluding tert-OH is 1. The molecule has 0 saturated carbocycles. The molecule has 0 bridgehead atoms. The van der Waals surface area contributed by atoms with Crippen LogP contribution < -0.4 is 18.9 Å². The van der Waals surface area contributed by atoms with Crippen LogP contribution in [-0.4, -0.2) is 24.3 Å². The predicted octanol–water partition coefficient (Wildman–Crippen LogP) is 2.51. The van der Waals surface area contributed by atoms with Gasteiger partial charge in [-0.1, -0.05) is 77.6 Å². The summed E-state index contributed by atoms with van der Waals surface area (Å²) in [5.74, 6) is -0.0896. The molecule has 0 aliphatic rings. The van der Waals surface area contributed by atoms with Crippen molar-refractivity contribution < 1.29 is 34.9 Å². The van der Waals surface area contributed by atoms with Crippen LogP contribution in [0, 0.1) is 0 Å². The average Bonchev–Trinajstić information content (AvgIpc) is 2.53. The number of unbranched alkanes of at least 4 members (excludes halogenated alkanes) is 10. The van der Waals surface area contributed by atoms with Gasteiger partial charge in [0.25, 0.3) is 0 Å². The Morgan fingerprint density at radius 2 is 1.30 bits per heavy atom. The summed E-state index contributed by atoms with van der Waals surface area (Å²) < 4.78 is 4.62. The van der Waals surface area contributed by atoms with Gasteiger partial charge in [-0.15, -0.1) is 0 Å². The zero-order chi connectivity index (χ0) is 16.5. The minimum atomic E-state index is -0.0896. The molecule has 0 aromatic heterocycles. The molecule has 0 heterocycles. The fraction of sp³-hybridized carbons (Fsp3) is 0.947. The summed E-state index contributed by atoms with van der Waals surface area (Å²) >= 11 is 0. The van der Waals surface area contributed by atoms with Crippen molar-refractivity contribution in [2.45, 2.75) is 109 Å². The van der Waals surface area contributed by atoms with E-state index in [-0.39, 0.29) is 32.4 Å². The summed E-state index contributed by atoms with van der Waals surface area (Å²) in [5, 5.41) is 9.88. The van der Waals surface area contributed by atoms with Crippen molar-refractivity contribution in [1.29, 1.82) is 0 Å². The van der Waals surface area contributed by atoms with Crippen LogP contribution in [0.15, 0.2) is 0 Å². The normalized spacial score (nSPS) is 11.8. The van der Waals surface area contributed by atoms with E-state index in [0.717, 1.165) is 32.1 Å². The predicted molar refractivity (Wildman–Crippen MR) is 94.1 cm³/mol. The molecular formula is C19H39LiO3. The summed E-state index contributed by atoms with van der Waals surface area (Å²) in [6.45, 7) is 2.22. The van der Waals surface area contributed by atoms with E-state index < -0.39 is 0 Å². The Kier molecular flexibility index (Phi) is 22.1. The van der Waals surface area contributed by atoms with Crippen molar-refractivity contribution in [3.8, 4) is 0 Å². The van der Waals surface area contributed by atoms with Gasteiger partial charge in [0.15, 0.2) is 0 Å². The summed E-state index contributed by atoms with van der Waals surface area (Å²) in [5.41, 5.74) is 0. The van der Waals surface area contributed by atoms with Crippen molar-refractivity contribution in [2.75, 3.05) is 7.11 Å². The van der Waals surface area contributed by atoms with Gasteiger partial charge in [-0.3, -0.25) is 4.79 Å². The first-order valence-corrected chi connectivity index (χ1v) is 9.45. The van der Waals surface area contributed by atoms with Crippen LogP contribution in [0.1, 0.15) is 105 Å². The molecular weight excluding hydrogens is 283 g/mol. The van der Waals surface area contributed by atoms with E-state index >= 15 is 0 Å². The standard InChI is InChI=1S/C19H38O3.Li.H/c1-3-4-5-12-15-18(20)16-13-10-8-6-7-9-11-14-17-19(21)22-2;;/h18,20H,3-17H2,1-2H3;;/q;+1;-1. The molecule has 134 valence electrons. The van der Waals surface area contributed by atoms with Crippen molar-refractivity contribution in [3.63, 3.8) is 0 Å². The number of hydrogen-bond acceptors (Lipinski definition) is 3. The zero-order valence-corrected chi connectivity index (χ0v) is 15.9. The molecule has 1 N–H and O–H groups in total. The Hall–Kier alpha value is 0.0274. The third kappa shape index (κ3) is 20.0. The van der Waals surface area contributed by atoms with Gasteiger partial charge in [0.05, 0.1) is 13.2 Å². The van der Waals surface area contributed by atoms with E-state index in [4.69, 9.17) is 0 Å². The number of ether oxygens (including phenoxy) is 1. The SMILES string of the molecule is CCCCCCC(O)CCCCCCCCCCC(=O)OC.[H-].[Li+]. The Labute approximate surface area is 157 Å². The molecule has 0 aromatic rings. The molecule has 0 aliphatic carbocycles. The fourth-order valence-electron chi connectivity index (χ4n) is 2.76. The second-order valence-electron chi connectivity index (χ2n) is 6.45. The zero-order valence-electron chi connectivity index (χ0n) is 16.9. The molecule has 4 heteroatoms. The van der Waals surface area contributed by atoms with Gasteiger partial charge in [0.2, 0.25) is 0 Å². The van der Waals surface area contributed by atoms with Crippen molar-refractivity contribution in [3.05, 3.63) is 0 Å². The maximum Gasteiger partial charge on any atom is 1.00 e. The van der Waals surface area contributed by atoms with Crippen molar-refractivity contribution >= 4 is 5.97 Å². The second-order valence-corrected chi connectivity index (χ2v) is 6.45. The Morgan fingerprint density at radius 3 is 1.78 bits per heavy atom. The molecule has 3 nitrogen and oxygen atoms in total. The van der Waals surface area contributed by atoms with Crippen molar-refractivity contribution in [1.82, 2.24) is 0 Å². The van der Waals surface area contributed by atoms with Crippen LogP contribution in [0.2, 0.25) is 0 Å². The van der Waals surface area contributed by atoms with Crippen LogP contribution in [0.3, 0.4) is 0 Å². The largest absolute Gasteiger partial charge is 1.00 e. The fourth-order valence-corrected chi connectivity index (χ4v) is 2.76. The first-order chi connectivity index (χ1) is 10.7. The van der Waals surface area contributed by atoms with E-state index in [2.05, 4.69) is 11.7 Å². The van der Waals surface area contributed by atoms with E-state index in [1.807, 2.05) is 0 Å². The Balaban J connectivity index is -0.00000220. The van der Waals surface area contributed by atoms with Crippen LogP contribution in [0.5, 0.6) is 0 Å². The van der Waals surface area contributed by atoms with Gasteiger partial charge in [0.1, 0.15) is 0 Å². The van der Waals surface area contributed by atoms with E-state index in [9.17, 15) is 9.90 Å². The molecule has 0 saturated heterocycles. The van der Waals surface area contributed by atoms with Gasteiger partial charge in [-0.2, -0.15) is 0 Å². The summed E-state index contributed by atoms with van der Waals surface area (Å²) in [6.07, 6.45) is 17.0. The molecule has 0 fully saturated rings. The molecule has 0 amide bonds. The molecule has 23 heavy (non-hydrogen) atoms. The molecule has 0 radical (unpaired) electrons. The van der Waals surface area contributed by atoms with Crippen LogP contribution in [-0.2, 0) is 9.53 Å². The third-order valence-electron chi connectivity index (χ3n) is 4.29. The maximum absolute atomic E-state index is 10.9. The smallest absolute Gasteiger partial charge is 1.00 e.